The van der Waals surface area contributed by atoms with Crippen LogP contribution in [-0.2, 0) is 22.4 Å². The first-order valence-corrected chi connectivity index (χ1v) is 11.1. The lowest BCUT2D eigenvalue weighted by Gasteiger charge is -2.33. The first-order valence-electron chi connectivity index (χ1n) is 10.7. The SMILES string of the molecule is CN(C(=O)[C@H]1CCC(=O)NC1)C(c1ccc(N[C@H]2Cc3ccc(Cl)cc3C2)cn1)C(F)(F)F. The lowest BCUT2D eigenvalue weighted by molar-refractivity contribution is -0.191. The molecule has 4 rings (SSSR count). The summed E-state index contributed by atoms with van der Waals surface area (Å²) in [6.45, 7) is 0.0395. The average Bonchev–Trinajstić information content (AvgIpc) is 3.15. The van der Waals surface area contributed by atoms with Crippen molar-refractivity contribution < 1.29 is 22.8 Å². The van der Waals surface area contributed by atoms with Gasteiger partial charge < -0.3 is 15.5 Å². The predicted octanol–water partition coefficient (Wildman–Crippen LogP) is 3.90. The molecule has 1 unspecified atom stereocenters. The molecule has 1 aliphatic heterocycles. The maximum atomic E-state index is 13.9. The molecular formula is C23H24ClF3N4O2. The first kappa shape index (κ1) is 23.4. The van der Waals surface area contributed by atoms with E-state index in [4.69, 9.17) is 11.6 Å². The number of piperidine rings is 1. The zero-order valence-corrected chi connectivity index (χ0v) is 18.7. The van der Waals surface area contributed by atoms with E-state index in [9.17, 15) is 22.8 Å². The average molecular weight is 481 g/mol. The van der Waals surface area contributed by atoms with Gasteiger partial charge in [-0.1, -0.05) is 17.7 Å². The molecule has 2 aromatic rings. The van der Waals surface area contributed by atoms with E-state index in [2.05, 4.69) is 15.6 Å². The highest BCUT2D eigenvalue weighted by molar-refractivity contribution is 6.30. The quantitative estimate of drug-likeness (QED) is 0.680. The molecule has 0 bridgehead atoms. The van der Waals surface area contributed by atoms with Crippen LogP contribution in [-0.4, -0.2) is 47.5 Å². The van der Waals surface area contributed by atoms with Gasteiger partial charge in [-0.05, 0) is 54.7 Å². The Morgan fingerprint density at radius 3 is 2.64 bits per heavy atom. The number of fused-ring (bicyclic) bond motifs is 1. The van der Waals surface area contributed by atoms with E-state index in [1.165, 1.54) is 17.8 Å². The molecule has 2 aliphatic rings. The Morgan fingerprint density at radius 2 is 2.00 bits per heavy atom. The highest BCUT2D eigenvalue weighted by Crippen LogP contribution is 2.37. The number of carbonyl (C=O) groups is 2. The number of amides is 2. The molecule has 3 atom stereocenters. The fourth-order valence-electron chi connectivity index (χ4n) is 4.52. The van der Waals surface area contributed by atoms with Crippen LogP contribution < -0.4 is 10.6 Å². The van der Waals surface area contributed by atoms with Gasteiger partial charge >= 0.3 is 6.18 Å². The normalized spacial score (nSPS) is 21.2. The molecule has 2 N–H and O–H groups in total. The summed E-state index contributed by atoms with van der Waals surface area (Å²) in [5.74, 6) is -1.55. The molecule has 10 heteroatoms. The topological polar surface area (TPSA) is 74.3 Å². The van der Waals surface area contributed by atoms with Gasteiger partial charge in [0.25, 0.3) is 0 Å². The molecule has 1 fully saturated rings. The highest BCUT2D eigenvalue weighted by atomic mass is 35.5. The minimum Gasteiger partial charge on any atom is -0.380 e. The molecule has 1 aliphatic carbocycles. The van der Waals surface area contributed by atoms with Crippen LogP contribution in [0.5, 0.6) is 0 Å². The van der Waals surface area contributed by atoms with Gasteiger partial charge in [-0.3, -0.25) is 14.6 Å². The second-order valence-corrected chi connectivity index (χ2v) is 9.00. The fourth-order valence-corrected chi connectivity index (χ4v) is 4.72. The predicted molar refractivity (Wildman–Crippen MR) is 118 cm³/mol. The van der Waals surface area contributed by atoms with E-state index in [0.29, 0.717) is 15.6 Å². The minimum atomic E-state index is -4.70. The Kier molecular flexibility index (Phi) is 6.52. The smallest absolute Gasteiger partial charge is 0.380 e. The van der Waals surface area contributed by atoms with E-state index in [-0.39, 0.29) is 37.0 Å². The monoisotopic (exact) mass is 480 g/mol. The molecule has 2 amide bonds. The number of nitrogens with one attached hydrogen (secondary N) is 2. The lowest BCUT2D eigenvalue weighted by atomic mass is 9.96. The maximum Gasteiger partial charge on any atom is 0.414 e. The molecular weight excluding hydrogens is 457 g/mol. The summed E-state index contributed by atoms with van der Waals surface area (Å²) in [6.07, 6.45) is -1.44. The van der Waals surface area contributed by atoms with Gasteiger partial charge in [0.2, 0.25) is 11.8 Å². The van der Waals surface area contributed by atoms with Crippen LogP contribution in [0.15, 0.2) is 36.5 Å². The molecule has 1 aromatic heterocycles. The Balaban J connectivity index is 1.45. The molecule has 6 nitrogen and oxygen atoms in total. The van der Waals surface area contributed by atoms with E-state index < -0.39 is 24.0 Å². The van der Waals surface area contributed by atoms with Crippen LogP contribution in [0, 0.1) is 5.92 Å². The second-order valence-electron chi connectivity index (χ2n) is 8.57. The number of alkyl halides is 3. The summed E-state index contributed by atoms with van der Waals surface area (Å²) in [6, 6.07) is 6.53. The Morgan fingerprint density at radius 1 is 1.24 bits per heavy atom. The van der Waals surface area contributed by atoms with Crippen LogP contribution in [0.4, 0.5) is 18.9 Å². The summed E-state index contributed by atoms with van der Waals surface area (Å²) in [5.41, 5.74) is 2.69. The summed E-state index contributed by atoms with van der Waals surface area (Å²) in [7, 11) is 1.13. The van der Waals surface area contributed by atoms with Gasteiger partial charge in [0.05, 0.1) is 23.5 Å². The standard InChI is InChI=1S/C23H24ClF3N4O2/c1-31(22(33)14-3-7-20(32)29-11-14)21(23(25,26)27)19-6-5-17(12-28-19)30-18-9-13-2-4-16(24)8-15(13)10-18/h2,4-6,8,12,14,18,21,30H,3,7,9-11H2,1H3,(H,29,32)/t14-,18-,21?/m0/s1. The molecule has 33 heavy (non-hydrogen) atoms. The molecule has 0 saturated carbocycles. The summed E-state index contributed by atoms with van der Waals surface area (Å²) in [5, 5.41) is 6.52. The molecule has 1 aromatic carbocycles. The number of hydrogen-bond donors (Lipinski definition) is 2. The number of anilines is 1. The summed E-state index contributed by atoms with van der Waals surface area (Å²) in [4.78, 5) is 28.8. The Hall–Kier alpha value is -2.81. The molecule has 1 saturated heterocycles. The molecule has 176 valence electrons. The Labute approximate surface area is 194 Å². The van der Waals surface area contributed by atoms with Gasteiger partial charge in [0.1, 0.15) is 0 Å². The van der Waals surface area contributed by atoms with Crippen molar-refractivity contribution in [3.05, 3.63) is 58.4 Å². The largest absolute Gasteiger partial charge is 0.414 e. The van der Waals surface area contributed by atoms with Crippen LogP contribution in [0.2, 0.25) is 5.02 Å². The molecule has 0 spiro atoms. The van der Waals surface area contributed by atoms with Crippen molar-refractivity contribution in [1.29, 1.82) is 0 Å². The number of pyridine rings is 1. The van der Waals surface area contributed by atoms with Crippen molar-refractivity contribution in [1.82, 2.24) is 15.2 Å². The van der Waals surface area contributed by atoms with Crippen LogP contribution in [0.1, 0.15) is 35.7 Å². The Bertz CT molecular complexity index is 1030. The number of aromatic nitrogens is 1. The lowest BCUT2D eigenvalue weighted by Crippen LogP contribution is -2.47. The number of benzene rings is 1. The second kappa shape index (κ2) is 9.21. The number of halogens is 4. The van der Waals surface area contributed by atoms with Gasteiger partial charge in [-0.25, -0.2) is 0 Å². The molecule has 0 radical (unpaired) electrons. The maximum absolute atomic E-state index is 13.9. The summed E-state index contributed by atoms with van der Waals surface area (Å²) < 4.78 is 41.8. The molecule has 2 heterocycles. The van der Waals surface area contributed by atoms with Gasteiger partial charge in [-0.2, -0.15) is 13.2 Å². The van der Waals surface area contributed by atoms with Crippen molar-refractivity contribution in [3.63, 3.8) is 0 Å². The third-order valence-electron chi connectivity index (χ3n) is 6.20. The fraction of sp³-hybridized carbons (Fsp3) is 0.435. The van der Waals surface area contributed by atoms with Gasteiger partial charge in [0.15, 0.2) is 6.04 Å². The zero-order valence-electron chi connectivity index (χ0n) is 18.0. The van der Waals surface area contributed by atoms with Gasteiger partial charge in [-0.15, -0.1) is 0 Å². The van der Waals surface area contributed by atoms with Crippen LogP contribution in [0.25, 0.3) is 0 Å². The summed E-state index contributed by atoms with van der Waals surface area (Å²) >= 11 is 6.05. The third kappa shape index (κ3) is 5.24. The van der Waals surface area contributed by atoms with Crippen LogP contribution >= 0.6 is 11.6 Å². The van der Waals surface area contributed by atoms with Crippen molar-refractivity contribution >= 4 is 29.1 Å². The number of nitrogens with zero attached hydrogens (tertiary/aromatic N) is 2. The van der Waals surface area contributed by atoms with Crippen molar-refractivity contribution in [2.75, 3.05) is 18.9 Å². The minimum absolute atomic E-state index is 0.0395. The highest BCUT2D eigenvalue weighted by Gasteiger charge is 2.47. The number of carbonyl (C=O) groups excluding carboxylic acids is 2. The van der Waals surface area contributed by atoms with E-state index in [1.807, 2.05) is 18.2 Å². The first-order chi connectivity index (χ1) is 15.6. The van der Waals surface area contributed by atoms with Gasteiger partial charge in [0, 0.05) is 31.1 Å². The van der Waals surface area contributed by atoms with Crippen LogP contribution in [0.3, 0.4) is 0 Å². The number of hydrogen-bond acceptors (Lipinski definition) is 4. The third-order valence-corrected chi connectivity index (χ3v) is 6.43. The van der Waals surface area contributed by atoms with Crippen molar-refractivity contribution in [2.24, 2.45) is 5.92 Å². The number of rotatable bonds is 5. The van der Waals surface area contributed by atoms with E-state index in [0.717, 1.165) is 25.5 Å². The van der Waals surface area contributed by atoms with E-state index in [1.54, 1.807) is 6.07 Å². The zero-order chi connectivity index (χ0) is 23.8. The van der Waals surface area contributed by atoms with Crippen molar-refractivity contribution in [3.8, 4) is 0 Å². The van der Waals surface area contributed by atoms with E-state index >= 15 is 0 Å². The van der Waals surface area contributed by atoms with Crippen molar-refractivity contribution in [2.45, 2.75) is 43.9 Å².